The van der Waals surface area contributed by atoms with Gasteiger partial charge in [-0.15, -0.1) is 11.3 Å². The van der Waals surface area contributed by atoms with E-state index in [4.69, 9.17) is 10.5 Å². The van der Waals surface area contributed by atoms with Crippen LogP contribution in [0, 0.1) is 0 Å². The van der Waals surface area contributed by atoms with Crippen molar-refractivity contribution in [1.29, 1.82) is 0 Å². The number of nitrogens with zero attached hydrogens (tertiary/aromatic N) is 1. The second-order valence-corrected chi connectivity index (χ2v) is 6.94. The Bertz CT molecular complexity index is 677. The number of hydrogen-bond acceptors (Lipinski definition) is 5. The zero-order chi connectivity index (χ0) is 14.5. The van der Waals surface area contributed by atoms with Crippen molar-refractivity contribution in [2.24, 2.45) is 0 Å². The summed E-state index contributed by atoms with van der Waals surface area (Å²) in [7, 11) is 0. The van der Waals surface area contributed by atoms with E-state index in [2.05, 4.69) is 23.2 Å². The predicted molar refractivity (Wildman–Crippen MR) is 91.3 cm³/mol. The fraction of sp³-hybridized carbons (Fsp3) is 0.188. The molecular weight excluding hydrogens is 300 g/mol. The Hall–Kier alpha value is -1.72. The molecule has 0 aliphatic heterocycles. The zero-order valence-corrected chi connectivity index (χ0v) is 13.1. The fourth-order valence-corrected chi connectivity index (χ4v) is 3.94. The maximum Gasteiger partial charge on any atom is 0.151 e. The molecule has 2 N–H and O–H groups in total. The van der Waals surface area contributed by atoms with Crippen LogP contribution in [-0.4, -0.2) is 17.3 Å². The number of ether oxygens (including phenoxy) is 1. The maximum absolute atomic E-state index is 5.67. The Morgan fingerprint density at radius 2 is 1.90 bits per heavy atom. The van der Waals surface area contributed by atoms with Gasteiger partial charge in [0.05, 0.1) is 16.8 Å². The van der Waals surface area contributed by atoms with Gasteiger partial charge in [0.1, 0.15) is 5.75 Å². The van der Waals surface area contributed by atoms with Gasteiger partial charge >= 0.3 is 0 Å². The number of thioether (sulfide) groups is 1. The molecule has 0 amide bonds. The number of anilines is 1. The molecule has 0 spiro atoms. The average molecular weight is 316 g/mol. The van der Waals surface area contributed by atoms with E-state index in [0.717, 1.165) is 33.5 Å². The highest BCUT2D eigenvalue weighted by atomic mass is 32.2. The molecule has 1 heterocycles. The molecule has 0 radical (unpaired) electrons. The summed E-state index contributed by atoms with van der Waals surface area (Å²) in [5.74, 6) is 1.88. The number of fused-ring (bicyclic) bond motifs is 1. The van der Waals surface area contributed by atoms with Crippen LogP contribution in [0.15, 0.2) is 52.9 Å². The molecular formula is C16H16N2OS2. The lowest BCUT2D eigenvalue weighted by molar-refractivity contribution is 0.319. The van der Waals surface area contributed by atoms with Crippen molar-refractivity contribution in [1.82, 2.24) is 4.98 Å². The SMILES string of the molecule is Nc1ccc(OCCCSc2nc3ccccc3s2)cc1. The summed E-state index contributed by atoms with van der Waals surface area (Å²) in [6.45, 7) is 0.710. The maximum atomic E-state index is 5.67. The van der Waals surface area contributed by atoms with E-state index in [-0.39, 0.29) is 0 Å². The smallest absolute Gasteiger partial charge is 0.151 e. The summed E-state index contributed by atoms with van der Waals surface area (Å²) in [5, 5.41) is 0. The summed E-state index contributed by atoms with van der Waals surface area (Å²) in [6.07, 6.45) is 0.991. The Kier molecular flexibility index (Phi) is 4.62. The molecule has 0 unspecified atom stereocenters. The van der Waals surface area contributed by atoms with Gasteiger partial charge in [-0.25, -0.2) is 4.98 Å². The number of thiazole rings is 1. The summed E-state index contributed by atoms with van der Waals surface area (Å²) in [4.78, 5) is 4.60. The molecule has 3 rings (SSSR count). The van der Waals surface area contributed by atoms with E-state index in [9.17, 15) is 0 Å². The van der Waals surface area contributed by atoms with Gasteiger partial charge < -0.3 is 10.5 Å². The molecule has 3 nitrogen and oxygen atoms in total. The van der Waals surface area contributed by atoms with E-state index < -0.39 is 0 Å². The highest BCUT2D eigenvalue weighted by Gasteiger charge is 2.03. The van der Waals surface area contributed by atoms with Crippen LogP contribution in [0.4, 0.5) is 5.69 Å². The number of hydrogen-bond donors (Lipinski definition) is 1. The number of para-hydroxylation sites is 1. The normalized spacial score (nSPS) is 10.9. The lowest BCUT2D eigenvalue weighted by atomic mass is 10.3. The van der Waals surface area contributed by atoms with Gasteiger partial charge in [-0.1, -0.05) is 23.9 Å². The van der Waals surface area contributed by atoms with Crippen molar-refractivity contribution in [2.75, 3.05) is 18.1 Å². The minimum Gasteiger partial charge on any atom is -0.494 e. The first-order valence-corrected chi connectivity index (χ1v) is 8.58. The minimum absolute atomic E-state index is 0.710. The summed E-state index contributed by atoms with van der Waals surface area (Å²) in [6, 6.07) is 15.7. The van der Waals surface area contributed by atoms with Crippen molar-refractivity contribution < 1.29 is 4.74 Å². The topological polar surface area (TPSA) is 48.1 Å². The molecule has 3 aromatic rings. The van der Waals surface area contributed by atoms with Crippen LogP contribution < -0.4 is 10.5 Å². The summed E-state index contributed by atoms with van der Waals surface area (Å²) >= 11 is 3.54. The monoisotopic (exact) mass is 316 g/mol. The van der Waals surface area contributed by atoms with Crippen molar-refractivity contribution in [2.45, 2.75) is 10.8 Å². The Labute approximate surface area is 132 Å². The molecule has 21 heavy (non-hydrogen) atoms. The predicted octanol–water partition coefficient (Wildman–Crippen LogP) is 4.44. The van der Waals surface area contributed by atoms with Crippen molar-refractivity contribution in [3.05, 3.63) is 48.5 Å². The fourth-order valence-electron chi connectivity index (χ4n) is 1.89. The Morgan fingerprint density at radius 3 is 2.71 bits per heavy atom. The van der Waals surface area contributed by atoms with E-state index in [1.165, 1.54) is 4.70 Å². The second kappa shape index (κ2) is 6.83. The van der Waals surface area contributed by atoms with Crippen molar-refractivity contribution >= 4 is 39.0 Å². The highest BCUT2D eigenvalue weighted by molar-refractivity contribution is 8.01. The van der Waals surface area contributed by atoms with Crippen molar-refractivity contribution in [3.8, 4) is 5.75 Å². The van der Waals surface area contributed by atoms with E-state index in [0.29, 0.717) is 6.61 Å². The third-order valence-corrected chi connectivity index (χ3v) is 5.20. The molecule has 0 aliphatic rings. The van der Waals surface area contributed by atoms with Gasteiger partial charge in [0.2, 0.25) is 0 Å². The van der Waals surface area contributed by atoms with Gasteiger partial charge in [0.25, 0.3) is 0 Å². The van der Waals surface area contributed by atoms with Gasteiger partial charge in [0.15, 0.2) is 4.34 Å². The van der Waals surface area contributed by atoms with Gasteiger partial charge in [-0.3, -0.25) is 0 Å². The lowest BCUT2D eigenvalue weighted by Crippen LogP contribution is -1.98. The highest BCUT2D eigenvalue weighted by Crippen LogP contribution is 2.29. The summed E-state index contributed by atoms with van der Waals surface area (Å²) < 4.78 is 8.05. The molecule has 0 saturated carbocycles. The molecule has 5 heteroatoms. The van der Waals surface area contributed by atoms with Crippen LogP contribution in [0.3, 0.4) is 0 Å². The number of nitrogens with two attached hydrogens (primary N) is 1. The molecule has 0 fully saturated rings. The molecule has 0 bridgehead atoms. The average Bonchev–Trinajstić information content (AvgIpc) is 2.91. The first-order chi connectivity index (χ1) is 10.3. The molecule has 0 saturated heterocycles. The number of benzene rings is 2. The van der Waals surface area contributed by atoms with Gasteiger partial charge in [-0.05, 0) is 42.8 Å². The van der Waals surface area contributed by atoms with Crippen LogP contribution in [0.1, 0.15) is 6.42 Å². The quantitative estimate of drug-likeness (QED) is 0.415. The Balaban J connectivity index is 1.42. The van der Waals surface area contributed by atoms with Gasteiger partial charge in [-0.2, -0.15) is 0 Å². The van der Waals surface area contributed by atoms with Gasteiger partial charge in [0, 0.05) is 11.4 Å². The largest absolute Gasteiger partial charge is 0.494 e. The first-order valence-electron chi connectivity index (χ1n) is 6.78. The van der Waals surface area contributed by atoms with E-state index in [1.54, 1.807) is 23.1 Å². The molecule has 1 aromatic heterocycles. The molecule has 108 valence electrons. The van der Waals surface area contributed by atoms with Crippen LogP contribution in [0.2, 0.25) is 0 Å². The second-order valence-electron chi connectivity index (χ2n) is 4.57. The zero-order valence-electron chi connectivity index (χ0n) is 11.5. The van der Waals surface area contributed by atoms with Crippen LogP contribution >= 0.6 is 23.1 Å². The first kappa shape index (κ1) is 14.2. The van der Waals surface area contributed by atoms with E-state index >= 15 is 0 Å². The molecule has 0 atom stereocenters. The van der Waals surface area contributed by atoms with Crippen LogP contribution in [0.25, 0.3) is 10.2 Å². The van der Waals surface area contributed by atoms with Crippen molar-refractivity contribution in [3.63, 3.8) is 0 Å². The number of rotatable bonds is 6. The van der Waals surface area contributed by atoms with Crippen LogP contribution in [-0.2, 0) is 0 Å². The minimum atomic E-state index is 0.710. The molecule has 2 aromatic carbocycles. The summed E-state index contributed by atoms with van der Waals surface area (Å²) in [5.41, 5.74) is 7.48. The number of nitrogen functional groups attached to an aromatic ring is 1. The van der Waals surface area contributed by atoms with Crippen LogP contribution in [0.5, 0.6) is 5.75 Å². The Morgan fingerprint density at radius 1 is 1.10 bits per heavy atom. The standard InChI is InChI=1S/C16H16N2OS2/c17-12-6-8-13(9-7-12)19-10-3-11-20-16-18-14-4-1-2-5-15(14)21-16/h1-2,4-9H,3,10-11,17H2. The number of aromatic nitrogens is 1. The molecule has 0 aliphatic carbocycles. The third kappa shape index (κ3) is 3.89. The lowest BCUT2D eigenvalue weighted by Gasteiger charge is -2.05. The van der Waals surface area contributed by atoms with E-state index in [1.807, 2.05) is 30.3 Å². The third-order valence-electron chi connectivity index (χ3n) is 2.94.